The van der Waals surface area contributed by atoms with Gasteiger partial charge in [-0.15, -0.1) is 0 Å². The van der Waals surface area contributed by atoms with E-state index in [2.05, 4.69) is 47.4 Å². The molecule has 35 heavy (non-hydrogen) atoms. The molecule has 1 atom stereocenters. The van der Waals surface area contributed by atoms with Crippen LogP contribution in [0.1, 0.15) is 12.8 Å². The average Bonchev–Trinajstić information content (AvgIpc) is 3.49. The monoisotopic (exact) mass is 500 g/mol. The fourth-order valence-corrected chi connectivity index (χ4v) is 4.64. The third-order valence-electron chi connectivity index (χ3n) is 6.26. The topological polar surface area (TPSA) is 129 Å². The Labute approximate surface area is 207 Å². The van der Waals surface area contributed by atoms with Crippen molar-refractivity contribution < 1.29 is 9.53 Å². The molecule has 186 valence electrons. The molecule has 0 saturated carbocycles. The maximum Gasteiger partial charge on any atom is 0.246 e. The Morgan fingerprint density at radius 2 is 2.14 bits per heavy atom. The number of hydrogen-bond donors (Lipinski definition) is 3. The standard InChI is InChI=1S/C22H29ClN10O2/c1-2-17(34)32-5-3-4-15(13-32)25-20-18-19(23)29-30-21(18)28-22(27-20)26-16-12-24-33(14-16)7-6-31-8-10-35-11-9-31/h2,12,14-15H,1,3-11,13H2,(H3,25,26,27,28,29,30)/t15-/m1/s1. The molecule has 1 amide bonds. The van der Waals surface area contributed by atoms with Gasteiger partial charge in [-0.25, -0.2) is 0 Å². The number of hydrogen-bond acceptors (Lipinski definition) is 9. The summed E-state index contributed by atoms with van der Waals surface area (Å²) in [6, 6.07) is 0.0208. The van der Waals surface area contributed by atoms with Crippen LogP contribution in [-0.4, -0.2) is 97.6 Å². The van der Waals surface area contributed by atoms with Crippen LogP contribution in [0.5, 0.6) is 0 Å². The number of rotatable bonds is 8. The van der Waals surface area contributed by atoms with Crippen molar-refractivity contribution in [1.29, 1.82) is 0 Å². The Bertz CT molecular complexity index is 1190. The van der Waals surface area contributed by atoms with E-state index in [1.165, 1.54) is 6.08 Å². The molecule has 2 saturated heterocycles. The predicted octanol–water partition coefficient (Wildman–Crippen LogP) is 1.87. The largest absolute Gasteiger partial charge is 0.379 e. The molecule has 3 aromatic heterocycles. The van der Waals surface area contributed by atoms with Gasteiger partial charge >= 0.3 is 0 Å². The van der Waals surface area contributed by atoms with E-state index in [0.717, 1.165) is 64.5 Å². The molecule has 5 heterocycles. The van der Waals surface area contributed by atoms with Crippen molar-refractivity contribution in [2.45, 2.75) is 25.4 Å². The zero-order chi connectivity index (χ0) is 24.2. The molecule has 0 radical (unpaired) electrons. The normalized spacial score (nSPS) is 19.1. The van der Waals surface area contributed by atoms with Crippen molar-refractivity contribution >= 4 is 46.0 Å². The third-order valence-corrected chi connectivity index (χ3v) is 6.54. The Kier molecular flexibility index (Phi) is 7.11. The number of fused-ring (bicyclic) bond motifs is 1. The number of carbonyl (C=O) groups is 1. The smallest absolute Gasteiger partial charge is 0.246 e. The van der Waals surface area contributed by atoms with E-state index in [1.54, 1.807) is 11.1 Å². The van der Waals surface area contributed by atoms with Crippen molar-refractivity contribution in [2.24, 2.45) is 0 Å². The zero-order valence-electron chi connectivity index (χ0n) is 19.4. The van der Waals surface area contributed by atoms with E-state index in [9.17, 15) is 4.79 Å². The van der Waals surface area contributed by atoms with E-state index in [-0.39, 0.29) is 11.9 Å². The molecule has 0 bridgehead atoms. The minimum atomic E-state index is -0.0707. The number of halogens is 1. The van der Waals surface area contributed by atoms with Gasteiger partial charge in [0.1, 0.15) is 11.2 Å². The molecule has 13 heteroatoms. The zero-order valence-corrected chi connectivity index (χ0v) is 20.2. The second-order valence-electron chi connectivity index (χ2n) is 8.68. The highest BCUT2D eigenvalue weighted by molar-refractivity contribution is 6.35. The highest BCUT2D eigenvalue weighted by Crippen LogP contribution is 2.29. The number of nitrogens with zero attached hydrogens (tertiary/aromatic N) is 7. The van der Waals surface area contributed by atoms with Crippen molar-refractivity contribution in [3.8, 4) is 0 Å². The van der Waals surface area contributed by atoms with Gasteiger partial charge in [0.2, 0.25) is 11.9 Å². The predicted molar refractivity (Wildman–Crippen MR) is 133 cm³/mol. The molecule has 3 aromatic rings. The number of morpholine rings is 1. The Hall–Kier alpha value is -3.22. The van der Waals surface area contributed by atoms with Gasteiger partial charge < -0.3 is 20.3 Å². The van der Waals surface area contributed by atoms with Crippen LogP contribution >= 0.6 is 11.6 Å². The van der Waals surface area contributed by atoms with Crippen LogP contribution in [0.2, 0.25) is 5.15 Å². The van der Waals surface area contributed by atoms with E-state index < -0.39 is 0 Å². The number of amides is 1. The quantitative estimate of drug-likeness (QED) is 0.397. The number of aromatic amines is 1. The second-order valence-corrected chi connectivity index (χ2v) is 9.03. The minimum Gasteiger partial charge on any atom is -0.379 e. The molecule has 2 aliphatic rings. The number of piperidine rings is 1. The van der Waals surface area contributed by atoms with E-state index in [0.29, 0.717) is 34.5 Å². The number of ether oxygens (including phenoxy) is 1. The van der Waals surface area contributed by atoms with Gasteiger partial charge in [-0.3, -0.25) is 19.5 Å². The lowest BCUT2D eigenvalue weighted by atomic mass is 10.1. The number of anilines is 3. The number of nitrogens with one attached hydrogen (secondary N) is 3. The first-order chi connectivity index (χ1) is 17.1. The fraction of sp³-hybridized carbons (Fsp3) is 0.500. The van der Waals surface area contributed by atoms with Gasteiger partial charge in [0.05, 0.1) is 31.6 Å². The van der Waals surface area contributed by atoms with Crippen molar-refractivity contribution in [1.82, 2.24) is 39.7 Å². The first-order valence-electron chi connectivity index (χ1n) is 11.8. The van der Waals surface area contributed by atoms with Crippen LogP contribution in [0.4, 0.5) is 17.5 Å². The summed E-state index contributed by atoms with van der Waals surface area (Å²) >= 11 is 6.33. The summed E-state index contributed by atoms with van der Waals surface area (Å²) in [4.78, 5) is 25.4. The Morgan fingerprint density at radius 1 is 1.29 bits per heavy atom. The summed E-state index contributed by atoms with van der Waals surface area (Å²) in [5, 5.41) is 19.0. The van der Waals surface area contributed by atoms with E-state index in [4.69, 9.17) is 16.3 Å². The first kappa shape index (κ1) is 23.5. The van der Waals surface area contributed by atoms with Crippen LogP contribution in [-0.2, 0) is 16.1 Å². The van der Waals surface area contributed by atoms with Gasteiger partial charge in [-0.05, 0) is 18.9 Å². The van der Waals surface area contributed by atoms with Crippen LogP contribution in [0.25, 0.3) is 11.0 Å². The second kappa shape index (κ2) is 10.6. The number of carbonyl (C=O) groups excluding carboxylic acids is 1. The molecule has 2 fully saturated rings. The van der Waals surface area contributed by atoms with Crippen LogP contribution in [0.15, 0.2) is 25.0 Å². The van der Waals surface area contributed by atoms with Gasteiger partial charge in [0.15, 0.2) is 10.8 Å². The maximum atomic E-state index is 12.1. The molecule has 3 N–H and O–H groups in total. The number of aromatic nitrogens is 6. The molecule has 0 aliphatic carbocycles. The molecule has 0 unspecified atom stereocenters. The Morgan fingerprint density at radius 3 is 2.97 bits per heavy atom. The Balaban J connectivity index is 1.29. The fourth-order valence-electron chi connectivity index (χ4n) is 4.42. The van der Waals surface area contributed by atoms with E-state index >= 15 is 0 Å². The van der Waals surface area contributed by atoms with Gasteiger partial charge in [-0.2, -0.15) is 20.2 Å². The van der Waals surface area contributed by atoms with Crippen LogP contribution in [0, 0.1) is 0 Å². The molecule has 2 aliphatic heterocycles. The summed E-state index contributed by atoms with van der Waals surface area (Å²) in [7, 11) is 0. The highest BCUT2D eigenvalue weighted by atomic mass is 35.5. The lowest BCUT2D eigenvalue weighted by molar-refractivity contribution is -0.127. The van der Waals surface area contributed by atoms with Crippen LogP contribution < -0.4 is 10.6 Å². The molecule has 5 rings (SSSR count). The highest BCUT2D eigenvalue weighted by Gasteiger charge is 2.24. The summed E-state index contributed by atoms with van der Waals surface area (Å²) in [5.41, 5.74) is 1.30. The van der Waals surface area contributed by atoms with Crippen molar-refractivity contribution in [3.63, 3.8) is 0 Å². The van der Waals surface area contributed by atoms with Crippen LogP contribution in [0.3, 0.4) is 0 Å². The van der Waals surface area contributed by atoms with E-state index in [1.807, 2.05) is 10.9 Å². The summed E-state index contributed by atoms with van der Waals surface area (Å²) in [5.74, 6) is 0.885. The summed E-state index contributed by atoms with van der Waals surface area (Å²) < 4.78 is 7.30. The average molecular weight is 501 g/mol. The summed E-state index contributed by atoms with van der Waals surface area (Å²) in [6.45, 7) is 10.0. The van der Waals surface area contributed by atoms with Gasteiger partial charge in [0.25, 0.3) is 0 Å². The van der Waals surface area contributed by atoms with Crippen molar-refractivity contribution in [3.05, 3.63) is 30.2 Å². The molecule has 0 spiro atoms. The molecule has 0 aromatic carbocycles. The third kappa shape index (κ3) is 5.55. The van der Waals surface area contributed by atoms with Crippen molar-refractivity contribution in [2.75, 3.05) is 56.6 Å². The van der Waals surface area contributed by atoms with Gasteiger partial charge in [-0.1, -0.05) is 18.2 Å². The number of likely N-dealkylation sites (tertiary alicyclic amines) is 1. The van der Waals surface area contributed by atoms with Gasteiger partial charge in [0, 0.05) is 45.0 Å². The number of H-pyrrole nitrogens is 1. The lowest BCUT2D eigenvalue weighted by Crippen LogP contribution is -2.44. The summed E-state index contributed by atoms with van der Waals surface area (Å²) in [6.07, 6.45) is 6.82. The molecular formula is C22H29ClN10O2. The SMILES string of the molecule is C=CC(=O)N1CCC[C@@H](Nc2nc(Nc3cnn(CCN4CCOCC4)c3)nc3[nH]nc(Cl)c23)C1. The molecule has 12 nitrogen and oxygen atoms in total. The minimum absolute atomic E-state index is 0.0208. The lowest BCUT2D eigenvalue weighted by Gasteiger charge is -2.32. The maximum absolute atomic E-state index is 12.1. The molecular weight excluding hydrogens is 472 g/mol. The first-order valence-corrected chi connectivity index (χ1v) is 12.2.